The van der Waals surface area contributed by atoms with E-state index in [1.165, 1.54) is 12.0 Å². The standard InChI is InChI=1S/C12H19N/c1-10(2)8-9-12(13)11-6-4-3-5-7-11/h3-7,10,12H,8-9,13H2,1-2H3/t12-/m0/s1. The van der Waals surface area contributed by atoms with Gasteiger partial charge in [0.2, 0.25) is 0 Å². The van der Waals surface area contributed by atoms with Gasteiger partial charge >= 0.3 is 0 Å². The van der Waals surface area contributed by atoms with Gasteiger partial charge in [-0.1, -0.05) is 44.2 Å². The Hall–Kier alpha value is -0.820. The molecule has 0 unspecified atom stereocenters. The number of hydrogen-bond acceptors (Lipinski definition) is 1. The van der Waals surface area contributed by atoms with E-state index >= 15 is 0 Å². The first-order chi connectivity index (χ1) is 6.20. The molecule has 0 fully saturated rings. The topological polar surface area (TPSA) is 26.0 Å². The third-order valence-electron chi connectivity index (χ3n) is 2.28. The van der Waals surface area contributed by atoms with Crippen LogP contribution in [0.15, 0.2) is 30.3 Å². The Morgan fingerprint density at radius 1 is 1.08 bits per heavy atom. The molecule has 2 N–H and O–H groups in total. The molecule has 1 aromatic carbocycles. The summed E-state index contributed by atoms with van der Waals surface area (Å²) in [7, 11) is 0. The average molecular weight is 177 g/mol. The fourth-order valence-electron chi connectivity index (χ4n) is 1.38. The van der Waals surface area contributed by atoms with Crippen LogP contribution in [0, 0.1) is 5.92 Å². The van der Waals surface area contributed by atoms with Crippen molar-refractivity contribution in [3.05, 3.63) is 35.9 Å². The van der Waals surface area contributed by atoms with Gasteiger partial charge in [-0.3, -0.25) is 0 Å². The van der Waals surface area contributed by atoms with E-state index < -0.39 is 0 Å². The Morgan fingerprint density at radius 3 is 2.23 bits per heavy atom. The zero-order chi connectivity index (χ0) is 9.68. The van der Waals surface area contributed by atoms with Gasteiger partial charge in [0, 0.05) is 6.04 Å². The summed E-state index contributed by atoms with van der Waals surface area (Å²) in [5, 5.41) is 0. The second-order valence-corrected chi connectivity index (χ2v) is 3.99. The fraction of sp³-hybridized carbons (Fsp3) is 0.500. The zero-order valence-electron chi connectivity index (χ0n) is 8.53. The number of rotatable bonds is 4. The second kappa shape index (κ2) is 5.03. The number of hydrogen-bond donors (Lipinski definition) is 1. The van der Waals surface area contributed by atoms with Crippen molar-refractivity contribution in [3.8, 4) is 0 Å². The maximum absolute atomic E-state index is 6.04. The van der Waals surface area contributed by atoms with Crippen LogP contribution in [0.5, 0.6) is 0 Å². The molecule has 0 spiro atoms. The Kier molecular flexibility index (Phi) is 3.97. The molecule has 0 aliphatic rings. The van der Waals surface area contributed by atoms with Crippen molar-refractivity contribution in [2.45, 2.75) is 32.7 Å². The quantitative estimate of drug-likeness (QED) is 0.751. The monoisotopic (exact) mass is 177 g/mol. The van der Waals surface area contributed by atoms with E-state index in [0.717, 1.165) is 12.3 Å². The molecule has 1 atom stereocenters. The van der Waals surface area contributed by atoms with Crippen LogP contribution >= 0.6 is 0 Å². The highest BCUT2D eigenvalue weighted by Crippen LogP contribution is 2.17. The van der Waals surface area contributed by atoms with E-state index in [1.54, 1.807) is 0 Å². The van der Waals surface area contributed by atoms with E-state index in [-0.39, 0.29) is 6.04 Å². The molecule has 0 amide bonds. The van der Waals surface area contributed by atoms with E-state index in [0.29, 0.717) is 0 Å². The predicted molar refractivity (Wildman–Crippen MR) is 57.4 cm³/mol. The van der Waals surface area contributed by atoms with Gasteiger partial charge in [-0.2, -0.15) is 0 Å². The summed E-state index contributed by atoms with van der Waals surface area (Å²) >= 11 is 0. The Bertz CT molecular complexity index is 228. The van der Waals surface area contributed by atoms with Gasteiger partial charge in [0.1, 0.15) is 0 Å². The van der Waals surface area contributed by atoms with Crippen molar-refractivity contribution >= 4 is 0 Å². The molecule has 0 bridgehead atoms. The van der Waals surface area contributed by atoms with Crippen molar-refractivity contribution in [1.82, 2.24) is 0 Å². The molecule has 0 radical (unpaired) electrons. The molecule has 1 aromatic rings. The van der Waals surface area contributed by atoms with Crippen molar-refractivity contribution < 1.29 is 0 Å². The second-order valence-electron chi connectivity index (χ2n) is 3.99. The van der Waals surface area contributed by atoms with Gasteiger partial charge in [-0.15, -0.1) is 0 Å². The molecule has 13 heavy (non-hydrogen) atoms. The van der Waals surface area contributed by atoms with Gasteiger partial charge < -0.3 is 5.73 Å². The first kappa shape index (κ1) is 10.3. The third kappa shape index (κ3) is 3.60. The normalized spacial score (nSPS) is 13.2. The molecule has 0 heterocycles. The van der Waals surface area contributed by atoms with Gasteiger partial charge in [0.05, 0.1) is 0 Å². The summed E-state index contributed by atoms with van der Waals surface area (Å²) in [6.07, 6.45) is 2.29. The minimum absolute atomic E-state index is 0.212. The van der Waals surface area contributed by atoms with Crippen LogP contribution in [0.3, 0.4) is 0 Å². The predicted octanol–water partition coefficient (Wildman–Crippen LogP) is 3.12. The van der Waals surface area contributed by atoms with Gasteiger partial charge in [-0.05, 0) is 24.3 Å². The van der Waals surface area contributed by atoms with Crippen molar-refractivity contribution in [2.75, 3.05) is 0 Å². The Morgan fingerprint density at radius 2 is 1.69 bits per heavy atom. The third-order valence-corrected chi connectivity index (χ3v) is 2.28. The Labute approximate surface area is 81.0 Å². The lowest BCUT2D eigenvalue weighted by Crippen LogP contribution is -2.10. The summed E-state index contributed by atoms with van der Waals surface area (Å²) in [6.45, 7) is 4.47. The summed E-state index contributed by atoms with van der Waals surface area (Å²) in [4.78, 5) is 0. The minimum Gasteiger partial charge on any atom is -0.324 e. The lowest BCUT2D eigenvalue weighted by molar-refractivity contribution is 0.507. The van der Waals surface area contributed by atoms with Gasteiger partial charge in [0.15, 0.2) is 0 Å². The molecule has 0 aromatic heterocycles. The van der Waals surface area contributed by atoms with E-state index in [9.17, 15) is 0 Å². The molecule has 0 saturated heterocycles. The van der Waals surface area contributed by atoms with Crippen molar-refractivity contribution in [2.24, 2.45) is 11.7 Å². The molecule has 1 nitrogen and oxygen atoms in total. The summed E-state index contributed by atoms with van der Waals surface area (Å²) < 4.78 is 0. The highest BCUT2D eigenvalue weighted by molar-refractivity contribution is 5.18. The lowest BCUT2D eigenvalue weighted by atomic mass is 9.98. The zero-order valence-corrected chi connectivity index (χ0v) is 8.53. The molecular weight excluding hydrogens is 158 g/mol. The van der Waals surface area contributed by atoms with Crippen LogP contribution in [0.4, 0.5) is 0 Å². The SMILES string of the molecule is CC(C)CC[C@H](N)c1ccccc1. The highest BCUT2D eigenvalue weighted by Gasteiger charge is 2.05. The maximum Gasteiger partial charge on any atom is 0.0294 e. The van der Waals surface area contributed by atoms with E-state index in [4.69, 9.17) is 5.73 Å². The molecular formula is C12H19N. The van der Waals surface area contributed by atoms with Crippen LogP contribution in [-0.2, 0) is 0 Å². The van der Waals surface area contributed by atoms with Crippen molar-refractivity contribution in [1.29, 1.82) is 0 Å². The largest absolute Gasteiger partial charge is 0.324 e. The van der Waals surface area contributed by atoms with Crippen molar-refractivity contribution in [3.63, 3.8) is 0 Å². The average Bonchev–Trinajstić information content (AvgIpc) is 2.15. The summed E-state index contributed by atoms with van der Waals surface area (Å²) in [5.74, 6) is 0.745. The maximum atomic E-state index is 6.04. The number of nitrogens with two attached hydrogens (primary N) is 1. The van der Waals surface area contributed by atoms with Crippen LogP contribution in [-0.4, -0.2) is 0 Å². The first-order valence-corrected chi connectivity index (χ1v) is 5.00. The minimum atomic E-state index is 0.212. The molecule has 0 aliphatic heterocycles. The van der Waals surface area contributed by atoms with E-state index in [1.807, 2.05) is 18.2 Å². The summed E-state index contributed by atoms with van der Waals surface area (Å²) in [6, 6.07) is 10.5. The first-order valence-electron chi connectivity index (χ1n) is 5.00. The smallest absolute Gasteiger partial charge is 0.0294 e. The Balaban J connectivity index is 2.44. The fourth-order valence-corrected chi connectivity index (χ4v) is 1.38. The molecule has 1 heteroatoms. The highest BCUT2D eigenvalue weighted by atomic mass is 14.6. The molecule has 1 rings (SSSR count). The van der Waals surface area contributed by atoms with Crippen LogP contribution < -0.4 is 5.73 Å². The van der Waals surface area contributed by atoms with Crippen LogP contribution in [0.2, 0.25) is 0 Å². The number of benzene rings is 1. The van der Waals surface area contributed by atoms with Gasteiger partial charge in [-0.25, -0.2) is 0 Å². The summed E-state index contributed by atoms with van der Waals surface area (Å²) in [5.41, 5.74) is 7.30. The molecule has 0 saturated carbocycles. The molecule has 72 valence electrons. The van der Waals surface area contributed by atoms with Crippen LogP contribution in [0.25, 0.3) is 0 Å². The molecule has 0 aliphatic carbocycles. The lowest BCUT2D eigenvalue weighted by Gasteiger charge is -2.12. The van der Waals surface area contributed by atoms with E-state index in [2.05, 4.69) is 26.0 Å². The van der Waals surface area contributed by atoms with Gasteiger partial charge in [0.25, 0.3) is 0 Å². The van der Waals surface area contributed by atoms with Crippen LogP contribution in [0.1, 0.15) is 38.3 Å².